The van der Waals surface area contributed by atoms with Gasteiger partial charge in [0.25, 0.3) is 5.91 Å². The van der Waals surface area contributed by atoms with Crippen molar-refractivity contribution >= 4 is 39.1 Å². The number of amides is 2. The van der Waals surface area contributed by atoms with Crippen LogP contribution in [-0.4, -0.2) is 23.3 Å². The fourth-order valence-corrected chi connectivity index (χ4v) is 3.60. The number of aromatic nitrogens is 1. The van der Waals surface area contributed by atoms with Crippen LogP contribution in [0.1, 0.15) is 17.0 Å². The van der Waals surface area contributed by atoms with Crippen LogP contribution in [-0.2, 0) is 4.79 Å². The molecule has 6 nitrogen and oxygen atoms in total. The minimum atomic E-state index is -0.342. The average Bonchev–Trinajstić information content (AvgIpc) is 3.40. The number of fused-ring (bicyclic) bond motifs is 1. The molecular formula is C21H17N3O3S. The molecular weight excluding hydrogens is 374 g/mol. The molecule has 0 saturated heterocycles. The summed E-state index contributed by atoms with van der Waals surface area (Å²) >= 11 is 1.37. The van der Waals surface area contributed by atoms with Crippen LogP contribution in [0.5, 0.6) is 0 Å². The van der Waals surface area contributed by atoms with Crippen molar-refractivity contribution in [2.75, 3.05) is 11.9 Å². The van der Waals surface area contributed by atoms with Gasteiger partial charge in [0, 0.05) is 23.9 Å². The van der Waals surface area contributed by atoms with E-state index in [0.717, 1.165) is 22.0 Å². The molecule has 0 bridgehead atoms. The molecule has 0 radical (unpaired) electrons. The molecule has 7 heteroatoms. The Balaban J connectivity index is 1.37. The maximum Gasteiger partial charge on any atom is 0.286 e. The van der Waals surface area contributed by atoms with Crippen LogP contribution in [0.15, 0.2) is 70.7 Å². The summed E-state index contributed by atoms with van der Waals surface area (Å²) in [4.78, 5) is 28.4. The zero-order chi connectivity index (χ0) is 19.3. The van der Waals surface area contributed by atoms with E-state index in [1.807, 2.05) is 29.6 Å². The first kappa shape index (κ1) is 17.9. The number of rotatable bonds is 6. The van der Waals surface area contributed by atoms with Crippen LogP contribution in [0, 0.1) is 0 Å². The fourth-order valence-electron chi connectivity index (χ4n) is 2.87. The van der Waals surface area contributed by atoms with Crippen LogP contribution < -0.4 is 10.6 Å². The van der Waals surface area contributed by atoms with E-state index in [4.69, 9.17) is 4.42 Å². The van der Waals surface area contributed by atoms with Crippen molar-refractivity contribution in [1.82, 2.24) is 10.3 Å². The molecule has 2 amide bonds. The van der Waals surface area contributed by atoms with Gasteiger partial charge in [0.2, 0.25) is 5.91 Å². The van der Waals surface area contributed by atoms with Gasteiger partial charge < -0.3 is 15.1 Å². The van der Waals surface area contributed by atoms with E-state index >= 15 is 0 Å². The second-order valence-electron chi connectivity index (χ2n) is 6.10. The van der Waals surface area contributed by atoms with Crippen molar-refractivity contribution in [3.05, 3.63) is 72.0 Å². The smallest absolute Gasteiger partial charge is 0.286 e. The molecule has 0 atom stereocenters. The number of benzene rings is 2. The maximum atomic E-state index is 12.1. The summed E-state index contributed by atoms with van der Waals surface area (Å²) in [6, 6.07) is 17.4. The van der Waals surface area contributed by atoms with E-state index < -0.39 is 0 Å². The minimum absolute atomic E-state index is 0.148. The molecule has 2 heterocycles. The molecule has 2 aromatic heterocycles. The van der Waals surface area contributed by atoms with Gasteiger partial charge in [-0.25, -0.2) is 4.98 Å². The van der Waals surface area contributed by atoms with Gasteiger partial charge >= 0.3 is 0 Å². The first-order valence-electron chi connectivity index (χ1n) is 8.76. The van der Waals surface area contributed by atoms with Gasteiger partial charge in [0.1, 0.15) is 0 Å². The zero-order valence-corrected chi connectivity index (χ0v) is 15.7. The van der Waals surface area contributed by atoms with E-state index in [2.05, 4.69) is 33.8 Å². The topological polar surface area (TPSA) is 84.2 Å². The van der Waals surface area contributed by atoms with Crippen molar-refractivity contribution in [3.8, 4) is 11.3 Å². The highest BCUT2D eigenvalue weighted by atomic mass is 32.1. The monoisotopic (exact) mass is 391 g/mol. The summed E-state index contributed by atoms with van der Waals surface area (Å²) < 4.78 is 5.00. The second-order valence-corrected chi connectivity index (χ2v) is 6.95. The Bertz CT molecular complexity index is 1110. The van der Waals surface area contributed by atoms with Gasteiger partial charge in [0.15, 0.2) is 10.9 Å². The Morgan fingerprint density at radius 1 is 1.04 bits per heavy atom. The van der Waals surface area contributed by atoms with E-state index in [9.17, 15) is 9.59 Å². The minimum Gasteiger partial charge on any atom is -0.459 e. The van der Waals surface area contributed by atoms with E-state index in [1.54, 1.807) is 12.1 Å². The molecule has 0 fully saturated rings. The number of hydrogen-bond acceptors (Lipinski definition) is 5. The van der Waals surface area contributed by atoms with Gasteiger partial charge in [-0.05, 0) is 22.9 Å². The number of nitrogens with one attached hydrogen (secondary N) is 2. The fraction of sp³-hybridized carbons (Fsp3) is 0.0952. The quantitative estimate of drug-likeness (QED) is 0.513. The van der Waals surface area contributed by atoms with Crippen LogP contribution in [0.3, 0.4) is 0 Å². The van der Waals surface area contributed by atoms with Crippen molar-refractivity contribution in [2.45, 2.75) is 6.42 Å². The molecule has 0 unspecified atom stereocenters. The van der Waals surface area contributed by atoms with Gasteiger partial charge in [-0.1, -0.05) is 42.5 Å². The number of furan rings is 1. The first-order valence-corrected chi connectivity index (χ1v) is 9.64. The molecule has 0 spiro atoms. The van der Waals surface area contributed by atoms with Gasteiger partial charge in [-0.3, -0.25) is 9.59 Å². The van der Waals surface area contributed by atoms with Crippen LogP contribution in [0.2, 0.25) is 0 Å². The Morgan fingerprint density at radius 2 is 1.89 bits per heavy atom. The van der Waals surface area contributed by atoms with Crippen molar-refractivity contribution in [1.29, 1.82) is 0 Å². The molecule has 0 aliphatic heterocycles. The lowest BCUT2D eigenvalue weighted by atomic mass is 10.0. The molecule has 0 aliphatic carbocycles. The van der Waals surface area contributed by atoms with Gasteiger partial charge in [0.05, 0.1) is 12.0 Å². The molecule has 28 heavy (non-hydrogen) atoms. The normalized spacial score (nSPS) is 10.7. The molecule has 0 aliphatic rings. The third kappa shape index (κ3) is 3.94. The summed E-state index contributed by atoms with van der Waals surface area (Å²) in [7, 11) is 0. The van der Waals surface area contributed by atoms with E-state index in [1.165, 1.54) is 17.6 Å². The number of nitrogens with zero attached hydrogens (tertiary/aromatic N) is 1. The summed E-state index contributed by atoms with van der Waals surface area (Å²) in [5, 5.41) is 10.1. The van der Waals surface area contributed by atoms with E-state index in [-0.39, 0.29) is 30.5 Å². The van der Waals surface area contributed by atoms with Gasteiger partial charge in [-0.2, -0.15) is 0 Å². The third-order valence-corrected chi connectivity index (χ3v) is 4.96. The summed E-state index contributed by atoms with van der Waals surface area (Å²) in [5.41, 5.74) is 1.85. The number of carbonyl (C=O) groups is 2. The van der Waals surface area contributed by atoms with Crippen LogP contribution >= 0.6 is 11.3 Å². The summed E-state index contributed by atoms with van der Waals surface area (Å²) in [6.45, 7) is 0.215. The SMILES string of the molecule is O=C(CCNC(=O)c1ccco1)Nc1nc(-c2cccc3ccccc23)cs1. The van der Waals surface area contributed by atoms with Crippen molar-refractivity contribution in [2.24, 2.45) is 0 Å². The molecule has 140 valence electrons. The Labute approximate surface area is 165 Å². The first-order chi connectivity index (χ1) is 13.7. The average molecular weight is 391 g/mol. The molecule has 2 aromatic carbocycles. The molecule has 4 rings (SSSR count). The zero-order valence-electron chi connectivity index (χ0n) is 14.8. The molecule has 2 N–H and O–H groups in total. The number of anilines is 1. The number of carbonyl (C=O) groups excluding carboxylic acids is 2. The molecule has 4 aromatic rings. The third-order valence-electron chi connectivity index (χ3n) is 4.20. The summed E-state index contributed by atoms with van der Waals surface area (Å²) in [6.07, 6.45) is 1.58. The highest BCUT2D eigenvalue weighted by molar-refractivity contribution is 7.14. The Hall–Kier alpha value is -3.45. The lowest BCUT2D eigenvalue weighted by molar-refractivity contribution is -0.116. The van der Waals surface area contributed by atoms with Gasteiger partial charge in [-0.15, -0.1) is 11.3 Å². The standard InChI is InChI=1S/C21H17N3O3S/c25-19(10-11-22-20(26)18-9-4-12-27-18)24-21-23-17(13-28-21)16-8-3-6-14-5-1-2-7-15(14)16/h1-9,12-13H,10-11H2,(H,22,26)(H,23,24,25). The highest BCUT2D eigenvalue weighted by Crippen LogP contribution is 2.30. The predicted octanol–water partition coefficient (Wildman–Crippen LogP) is 4.31. The Kier molecular flexibility index (Phi) is 5.16. The lowest BCUT2D eigenvalue weighted by Crippen LogP contribution is -2.27. The van der Waals surface area contributed by atoms with E-state index in [0.29, 0.717) is 5.13 Å². The number of hydrogen-bond donors (Lipinski definition) is 2. The lowest BCUT2D eigenvalue weighted by Gasteiger charge is -2.04. The maximum absolute atomic E-state index is 12.1. The van der Waals surface area contributed by atoms with Crippen LogP contribution in [0.25, 0.3) is 22.0 Å². The second kappa shape index (κ2) is 8.06. The largest absolute Gasteiger partial charge is 0.459 e. The molecule has 0 saturated carbocycles. The number of thiazole rings is 1. The van der Waals surface area contributed by atoms with Crippen molar-refractivity contribution < 1.29 is 14.0 Å². The highest BCUT2D eigenvalue weighted by Gasteiger charge is 2.12. The van der Waals surface area contributed by atoms with Crippen molar-refractivity contribution in [3.63, 3.8) is 0 Å². The Morgan fingerprint density at radius 3 is 2.75 bits per heavy atom. The summed E-state index contributed by atoms with van der Waals surface area (Å²) in [5.74, 6) is -0.330. The van der Waals surface area contributed by atoms with Crippen LogP contribution in [0.4, 0.5) is 5.13 Å². The predicted molar refractivity (Wildman–Crippen MR) is 109 cm³/mol.